The van der Waals surface area contributed by atoms with Crippen LogP contribution in [0.4, 0.5) is 5.82 Å². The van der Waals surface area contributed by atoms with Crippen molar-refractivity contribution in [2.45, 2.75) is 19.4 Å². The number of anilines is 1. The first-order valence-corrected chi connectivity index (χ1v) is 4.85. The second kappa shape index (κ2) is 4.06. The summed E-state index contributed by atoms with van der Waals surface area (Å²) in [5.74, 6) is -0.0866. The molecule has 2 N–H and O–H groups in total. The zero-order chi connectivity index (χ0) is 10.8. The van der Waals surface area contributed by atoms with Crippen LogP contribution in [0, 0.1) is 0 Å². The third-order valence-corrected chi connectivity index (χ3v) is 2.19. The Labute approximate surface area is 90.5 Å². The zero-order valence-electron chi connectivity index (χ0n) is 7.91. The van der Waals surface area contributed by atoms with Crippen LogP contribution in [0.25, 0.3) is 0 Å². The van der Waals surface area contributed by atoms with Gasteiger partial charge in [-0.3, -0.25) is 4.79 Å². The van der Waals surface area contributed by atoms with Crippen molar-refractivity contribution in [3.63, 3.8) is 0 Å². The van der Waals surface area contributed by atoms with E-state index >= 15 is 0 Å². The molecule has 0 saturated heterocycles. The molecular formula is C9H11BrN2O2. The van der Waals surface area contributed by atoms with Crippen molar-refractivity contribution in [3.05, 3.63) is 22.8 Å². The molecule has 14 heavy (non-hydrogen) atoms. The van der Waals surface area contributed by atoms with E-state index in [0.717, 1.165) is 0 Å². The second-order valence-corrected chi connectivity index (χ2v) is 4.20. The molecule has 1 heterocycles. The van der Waals surface area contributed by atoms with E-state index in [2.05, 4.69) is 26.2 Å². The third kappa shape index (κ3) is 2.78. The molecule has 1 aromatic heterocycles. The van der Waals surface area contributed by atoms with Gasteiger partial charge in [-0.25, -0.2) is 4.98 Å². The van der Waals surface area contributed by atoms with Gasteiger partial charge in [0.2, 0.25) is 0 Å². The van der Waals surface area contributed by atoms with E-state index in [1.54, 1.807) is 18.3 Å². The molecule has 1 amide bonds. The lowest BCUT2D eigenvalue weighted by atomic mass is 10.1. The highest BCUT2D eigenvalue weighted by Crippen LogP contribution is 2.19. The summed E-state index contributed by atoms with van der Waals surface area (Å²) in [4.78, 5) is 15.3. The van der Waals surface area contributed by atoms with E-state index in [1.807, 2.05) is 0 Å². The zero-order valence-corrected chi connectivity index (χ0v) is 9.50. The SMILES string of the molecule is CC(C)(O)C(=O)Nc1ncccc1Br. The largest absolute Gasteiger partial charge is 0.381 e. The maximum atomic E-state index is 11.4. The lowest BCUT2D eigenvalue weighted by molar-refractivity contribution is -0.130. The van der Waals surface area contributed by atoms with Crippen LogP contribution >= 0.6 is 15.9 Å². The number of rotatable bonds is 2. The topological polar surface area (TPSA) is 62.2 Å². The number of nitrogens with one attached hydrogen (secondary N) is 1. The minimum atomic E-state index is -1.41. The minimum absolute atomic E-state index is 0.402. The highest BCUT2D eigenvalue weighted by molar-refractivity contribution is 9.10. The number of hydrogen-bond acceptors (Lipinski definition) is 3. The molecular weight excluding hydrogens is 248 g/mol. The van der Waals surface area contributed by atoms with Gasteiger partial charge in [-0.05, 0) is 41.9 Å². The summed E-state index contributed by atoms with van der Waals surface area (Å²) in [6.07, 6.45) is 1.56. The maximum absolute atomic E-state index is 11.4. The Balaban J connectivity index is 2.80. The van der Waals surface area contributed by atoms with Gasteiger partial charge >= 0.3 is 0 Å². The highest BCUT2D eigenvalue weighted by Gasteiger charge is 2.24. The first-order valence-electron chi connectivity index (χ1n) is 4.05. The monoisotopic (exact) mass is 258 g/mol. The van der Waals surface area contributed by atoms with Crippen LogP contribution in [0.15, 0.2) is 22.8 Å². The average Bonchev–Trinajstić information content (AvgIpc) is 2.07. The Morgan fingerprint density at radius 3 is 2.79 bits per heavy atom. The van der Waals surface area contributed by atoms with Crippen LogP contribution in [0.2, 0.25) is 0 Å². The number of carbonyl (C=O) groups is 1. The Morgan fingerprint density at radius 2 is 2.29 bits per heavy atom. The summed E-state index contributed by atoms with van der Waals surface area (Å²) in [6, 6.07) is 3.50. The number of aliphatic hydroxyl groups is 1. The van der Waals surface area contributed by atoms with Gasteiger partial charge in [0.25, 0.3) is 5.91 Å². The highest BCUT2D eigenvalue weighted by atomic mass is 79.9. The molecule has 0 aliphatic rings. The Bertz CT molecular complexity index is 347. The van der Waals surface area contributed by atoms with Gasteiger partial charge in [0, 0.05) is 6.20 Å². The van der Waals surface area contributed by atoms with E-state index in [0.29, 0.717) is 10.3 Å². The lowest BCUT2D eigenvalue weighted by Gasteiger charge is -2.16. The van der Waals surface area contributed by atoms with Crippen LogP contribution in [0.3, 0.4) is 0 Å². The van der Waals surface area contributed by atoms with E-state index < -0.39 is 11.5 Å². The standard InChI is InChI=1S/C9H11BrN2O2/c1-9(2,14)8(13)12-7-6(10)4-3-5-11-7/h3-5,14H,1-2H3,(H,11,12,13). The number of carbonyl (C=O) groups excluding carboxylic acids is 1. The van der Waals surface area contributed by atoms with Crippen molar-refractivity contribution in [2.75, 3.05) is 5.32 Å². The second-order valence-electron chi connectivity index (χ2n) is 3.35. The first-order chi connectivity index (χ1) is 6.41. The van der Waals surface area contributed by atoms with Gasteiger partial charge in [0.15, 0.2) is 0 Å². The molecule has 0 atom stereocenters. The number of pyridine rings is 1. The summed E-state index contributed by atoms with van der Waals surface area (Å²) in [6.45, 7) is 2.83. The Kier molecular flexibility index (Phi) is 3.23. The molecule has 0 unspecified atom stereocenters. The Morgan fingerprint density at radius 1 is 1.64 bits per heavy atom. The van der Waals surface area contributed by atoms with Gasteiger partial charge in [0.05, 0.1) is 4.47 Å². The Hall–Kier alpha value is -0.940. The van der Waals surface area contributed by atoms with Crippen LogP contribution in [-0.2, 0) is 4.79 Å². The fraction of sp³-hybridized carbons (Fsp3) is 0.333. The molecule has 0 saturated carbocycles. The van der Waals surface area contributed by atoms with Crippen LogP contribution in [-0.4, -0.2) is 21.6 Å². The molecule has 0 spiro atoms. The molecule has 0 aromatic carbocycles. The molecule has 1 rings (SSSR count). The number of aromatic nitrogens is 1. The normalized spacial score (nSPS) is 11.1. The number of nitrogens with zero attached hydrogens (tertiary/aromatic N) is 1. The van der Waals surface area contributed by atoms with Crippen molar-refractivity contribution < 1.29 is 9.90 Å². The molecule has 76 valence electrons. The van der Waals surface area contributed by atoms with Gasteiger partial charge < -0.3 is 10.4 Å². The molecule has 5 heteroatoms. The molecule has 0 aliphatic heterocycles. The molecule has 0 radical (unpaired) electrons. The summed E-state index contributed by atoms with van der Waals surface area (Å²) in [5.41, 5.74) is -1.41. The van der Waals surface area contributed by atoms with E-state index in [4.69, 9.17) is 0 Å². The lowest BCUT2D eigenvalue weighted by Crippen LogP contribution is -2.37. The molecule has 1 aromatic rings. The number of halogens is 1. The molecule has 0 aliphatic carbocycles. The van der Waals surface area contributed by atoms with Crippen molar-refractivity contribution in [2.24, 2.45) is 0 Å². The van der Waals surface area contributed by atoms with Gasteiger partial charge in [-0.1, -0.05) is 0 Å². The molecule has 4 nitrogen and oxygen atoms in total. The average molecular weight is 259 g/mol. The summed E-state index contributed by atoms with van der Waals surface area (Å²) < 4.78 is 0.678. The molecule has 0 fully saturated rings. The van der Waals surface area contributed by atoms with Gasteiger partial charge in [-0.15, -0.1) is 0 Å². The summed E-state index contributed by atoms with van der Waals surface area (Å²) >= 11 is 3.23. The van der Waals surface area contributed by atoms with Gasteiger partial charge in [0.1, 0.15) is 11.4 Å². The van der Waals surface area contributed by atoms with Crippen LogP contribution in [0.5, 0.6) is 0 Å². The number of hydrogen-bond donors (Lipinski definition) is 2. The minimum Gasteiger partial charge on any atom is -0.381 e. The summed E-state index contributed by atoms with van der Waals surface area (Å²) in [5, 5.41) is 11.9. The van der Waals surface area contributed by atoms with Crippen molar-refractivity contribution >= 4 is 27.7 Å². The predicted octanol–water partition coefficient (Wildman–Crippen LogP) is 1.55. The van der Waals surface area contributed by atoms with Crippen molar-refractivity contribution in [1.82, 2.24) is 4.98 Å². The smallest absolute Gasteiger partial charge is 0.256 e. The maximum Gasteiger partial charge on any atom is 0.256 e. The summed E-state index contributed by atoms with van der Waals surface area (Å²) in [7, 11) is 0. The van der Waals surface area contributed by atoms with E-state index in [-0.39, 0.29) is 0 Å². The fourth-order valence-electron chi connectivity index (χ4n) is 0.738. The van der Waals surface area contributed by atoms with Crippen LogP contribution < -0.4 is 5.32 Å². The first kappa shape index (κ1) is 11.1. The van der Waals surface area contributed by atoms with E-state index in [9.17, 15) is 9.90 Å². The van der Waals surface area contributed by atoms with Gasteiger partial charge in [-0.2, -0.15) is 0 Å². The number of amides is 1. The third-order valence-electron chi connectivity index (χ3n) is 1.55. The predicted molar refractivity (Wildman–Crippen MR) is 56.9 cm³/mol. The van der Waals surface area contributed by atoms with E-state index in [1.165, 1.54) is 13.8 Å². The van der Waals surface area contributed by atoms with Crippen LogP contribution in [0.1, 0.15) is 13.8 Å². The molecule has 0 bridgehead atoms. The quantitative estimate of drug-likeness (QED) is 0.847. The van der Waals surface area contributed by atoms with Crippen molar-refractivity contribution in [3.8, 4) is 0 Å². The van der Waals surface area contributed by atoms with Crippen molar-refractivity contribution in [1.29, 1.82) is 0 Å². The fourth-order valence-corrected chi connectivity index (χ4v) is 1.09.